The van der Waals surface area contributed by atoms with Gasteiger partial charge < -0.3 is 15.8 Å². The zero-order valence-electron chi connectivity index (χ0n) is 11.2. The van der Waals surface area contributed by atoms with Crippen molar-refractivity contribution in [3.63, 3.8) is 0 Å². The molecule has 2 aliphatic carbocycles. The number of anilines is 1. The van der Waals surface area contributed by atoms with Gasteiger partial charge in [0.25, 0.3) is 5.91 Å². The van der Waals surface area contributed by atoms with Crippen LogP contribution < -0.4 is 15.8 Å². The van der Waals surface area contributed by atoms with E-state index in [1.54, 1.807) is 25.3 Å². The summed E-state index contributed by atoms with van der Waals surface area (Å²) in [6.45, 7) is 0.785. The van der Waals surface area contributed by atoms with Crippen molar-refractivity contribution in [2.45, 2.75) is 25.7 Å². The van der Waals surface area contributed by atoms with Gasteiger partial charge in [-0.1, -0.05) is 6.07 Å². The lowest BCUT2D eigenvalue weighted by Crippen LogP contribution is -2.31. The van der Waals surface area contributed by atoms with Gasteiger partial charge in [0.1, 0.15) is 5.75 Å². The molecule has 0 aromatic heterocycles. The summed E-state index contributed by atoms with van der Waals surface area (Å²) in [7, 11) is 1.56. The number of benzene rings is 1. The first-order chi connectivity index (χ1) is 9.16. The number of carbonyl (C=O) groups excluding carboxylic acids is 1. The SMILES string of the molecule is COc1cccc(C(=O)NCC2(C3CC3)CC2)c1N. The molecule has 0 atom stereocenters. The maximum Gasteiger partial charge on any atom is 0.253 e. The van der Waals surface area contributed by atoms with Gasteiger partial charge in [-0.05, 0) is 49.1 Å². The Hall–Kier alpha value is -1.71. The van der Waals surface area contributed by atoms with Gasteiger partial charge in [0.2, 0.25) is 0 Å². The van der Waals surface area contributed by atoms with Crippen molar-refractivity contribution >= 4 is 11.6 Å². The highest BCUT2D eigenvalue weighted by Crippen LogP contribution is 2.60. The smallest absolute Gasteiger partial charge is 0.253 e. The predicted molar refractivity (Wildman–Crippen MR) is 74.1 cm³/mol. The molecule has 3 N–H and O–H groups in total. The fraction of sp³-hybridized carbons (Fsp3) is 0.533. The third-order valence-corrected chi connectivity index (χ3v) is 4.47. The van der Waals surface area contributed by atoms with Gasteiger partial charge >= 0.3 is 0 Å². The van der Waals surface area contributed by atoms with Crippen molar-refractivity contribution in [2.24, 2.45) is 11.3 Å². The van der Waals surface area contributed by atoms with E-state index in [1.807, 2.05) is 0 Å². The largest absolute Gasteiger partial charge is 0.495 e. The Morgan fingerprint density at radius 1 is 1.47 bits per heavy atom. The van der Waals surface area contributed by atoms with Crippen LogP contribution in [-0.2, 0) is 0 Å². The predicted octanol–water partition coefficient (Wildman–Crippen LogP) is 2.20. The number of ether oxygens (including phenoxy) is 1. The summed E-state index contributed by atoms with van der Waals surface area (Å²) in [5.41, 5.74) is 7.26. The maximum absolute atomic E-state index is 12.2. The van der Waals surface area contributed by atoms with E-state index in [4.69, 9.17) is 10.5 Å². The third-order valence-electron chi connectivity index (χ3n) is 4.47. The Morgan fingerprint density at radius 2 is 2.21 bits per heavy atom. The molecule has 1 amide bonds. The van der Waals surface area contributed by atoms with Crippen molar-refractivity contribution in [3.8, 4) is 5.75 Å². The molecule has 0 heterocycles. The molecule has 1 aromatic carbocycles. The molecular weight excluding hydrogens is 240 g/mol. The van der Waals surface area contributed by atoms with Crippen LogP contribution in [0.4, 0.5) is 5.69 Å². The van der Waals surface area contributed by atoms with Crippen LogP contribution in [0.3, 0.4) is 0 Å². The molecular formula is C15H20N2O2. The van der Waals surface area contributed by atoms with Crippen molar-refractivity contribution in [1.29, 1.82) is 0 Å². The topological polar surface area (TPSA) is 64.3 Å². The Morgan fingerprint density at radius 3 is 2.79 bits per heavy atom. The second-order valence-corrected chi connectivity index (χ2v) is 5.74. The quantitative estimate of drug-likeness (QED) is 0.798. The van der Waals surface area contributed by atoms with Crippen molar-refractivity contribution in [3.05, 3.63) is 23.8 Å². The zero-order chi connectivity index (χ0) is 13.5. The van der Waals surface area contributed by atoms with E-state index in [-0.39, 0.29) is 5.91 Å². The third kappa shape index (κ3) is 2.27. The summed E-state index contributed by atoms with van der Waals surface area (Å²) in [5.74, 6) is 1.30. The highest BCUT2D eigenvalue weighted by molar-refractivity contribution is 6.00. The molecule has 1 aromatic rings. The van der Waals surface area contributed by atoms with Crippen LogP contribution in [0.2, 0.25) is 0 Å². The molecule has 2 saturated carbocycles. The van der Waals surface area contributed by atoms with Crippen LogP contribution >= 0.6 is 0 Å². The molecule has 0 spiro atoms. The first-order valence-corrected chi connectivity index (χ1v) is 6.87. The molecule has 0 saturated heterocycles. The van der Waals surface area contributed by atoms with E-state index >= 15 is 0 Å². The Labute approximate surface area is 113 Å². The minimum absolute atomic E-state index is 0.0941. The average Bonchev–Trinajstić information content (AvgIpc) is 3.28. The number of nitrogens with two attached hydrogens (primary N) is 1. The Kier molecular flexibility index (Phi) is 2.88. The van der Waals surface area contributed by atoms with Crippen LogP contribution in [-0.4, -0.2) is 19.6 Å². The van der Waals surface area contributed by atoms with Gasteiger partial charge in [0.05, 0.1) is 18.4 Å². The van der Waals surface area contributed by atoms with Crippen LogP contribution in [0.25, 0.3) is 0 Å². The summed E-state index contributed by atoms with van der Waals surface area (Å²) in [4.78, 5) is 12.2. The molecule has 19 heavy (non-hydrogen) atoms. The molecule has 4 nitrogen and oxygen atoms in total. The molecule has 0 aliphatic heterocycles. The van der Waals surface area contributed by atoms with E-state index in [9.17, 15) is 4.79 Å². The minimum atomic E-state index is -0.0941. The first-order valence-electron chi connectivity index (χ1n) is 6.87. The van der Waals surface area contributed by atoms with Gasteiger partial charge in [0, 0.05) is 6.54 Å². The van der Waals surface area contributed by atoms with Crippen LogP contribution in [0.1, 0.15) is 36.0 Å². The standard InChI is InChI=1S/C15H20N2O2/c1-19-12-4-2-3-11(13(12)16)14(18)17-9-15(7-8-15)10-5-6-10/h2-4,10H,5-9,16H2,1H3,(H,17,18). The lowest BCUT2D eigenvalue weighted by Gasteiger charge is -2.16. The summed E-state index contributed by atoms with van der Waals surface area (Å²) in [6.07, 6.45) is 5.17. The number of amides is 1. The van der Waals surface area contributed by atoms with Crippen molar-refractivity contribution < 1.29 is 9.53 Å². The fourth-order valence-corrected chi connectivity index (χ4v) is 2.86. The van der Waals surface area contributed by atoms with E-state index in [0.29, 0.717) is 22.4 Å². The molecule has 102 valence electrons. The first kappa shape index (κ1) is 12.3. The Balaban J connectivity index is 1.67. The van der Waals surface area contributed by atoms with Gasteiger partial charge in [-0.2, -0.15) is 0 Å². The van der Waals surface area contributed by atoms with E-state index in [0.717, 1.165) is 12.5 Å². The molecule has 2 fully saturated rings. The molecule has 0 radical (unpaired) electrons. The van der Waals surface area contributed by atoms with Gasteiger partial charge in [-0.3, -0.25) is 4.79 Å². The number of carbonyl (C=O) groups is 1. The maximum atomic E-state index is 12.2. The van der Waals surface area contributed by atoms with Gasteiger partial charge in [0.15, 0.2) is 0 Å². The van der Waals surface area contributed by atoms with Crippen molar-refractivity contribution in [1.82, 2.24) is 5.32 Å². The number of nitrogen functional groups attached to an aromatic ring is 1. The normalized spacial score (nSPS) is 19.8. The lowest BCUT2D eigenvalue weighted by molar-refractivity contribution is 0.0943. The van der Waals surface area contributed by atoms with E-state index in [1.165, 1.54) is 25.7 Å². The van der Waals surface area contributed by atoms with E-state index < -0.39 is 0 Å². The van der Waals surface area contributed by atoms with Crippen LogP contribution in [0.5, 0.6) is 5.75 Å². The second-order valence-electron chi connectivity index (χ2n) is 5.74. The minimum Gasteiger partial charge on any atom is -0.495 e. The monoisotopic (exact) mass is 260 g/mol. The summed E-state index contributed by atoms with van der Waals surface area (Å²) >= 11 is 0. The van der Waals surface area contributed by atoms with Crippen molar-refractivity contribution in [2.75, 3.05) is 19.4 Å². The fourth-order valence-electron chi connectivity index (χ4n) is 2.86. The van der Waals surface area contributed by atoms with E-state index in [2.05, 4.69) is 5.32 Å². The van der Waals surface area contributed by atoms with Gasteiger partial charge in [-0.25, -0.2) is 0 Å². The molecule has 0 bridgehead atoms. The molecule has 0 unspecified atom stereocenters. The number of para-hydroxylation sites is 1. The summed E-state index contributed by atoms with van der Waals surface area (Å²) in [5, 5.41) is 3.04. The molecule has 4 heteroatoms. The zero-order valence-corrected chi connectivity index (χ0v) is 11.2. The number of rotatable bonds is 5. The Bertz CT molecular complexity index is 505. The number of methoxy groups -OCH3 is 1. The number of nitrogens with one attached hydrogen (secondary N) is 1. The molecule has 3 rings (SSSR count). The number of hydrogen-bond acceptors (Lipinski definition) is 3. The molecule has 2 aliphatic rings. The summed E-state index contributed by atoms with van der Waals surface area (Å²) < 4.78 is 5.14. The highest BCUT2D eigenvalue weighted by Gasteiger charge is 2.53. The van der Waals surface area contributed by atoms with Gasteiger partial charge in [-0.15, -0.1) is 0 Å². The van der Waals surface area contributed by atoms with Crippen LogP contribution in [0, 0.1) is 11.3 Å². The summed E-state index contributed by atoms with van der Waals surface area (Å²) in [6, 6.07) is 5.29. The van der Waals surface area contributed by atoms with Crippen LogP contribution in [0.15, 0.2) is 18.2 Å². The average molecular weight is 260 g/mol. The highest BCUT2D eigenvalue weighted by atomic mass is 16.5. The lowest BCUT2D eigenvalue weighted by atomic mass is 10.0. The second kappa shape index (κ2) is 4.44. The number of hydrogen-bond donors (Lipinski definition) is 2.